The second kappa shape index (κ2) is 6.12. The molecule has 1 aliphatic rings. The highest BCUT2D eigenvalue weighted by atomic mass is 16.2. The lowest BCUT2D eigenvalue weighted by molar-refractivity contribution is 0.0741. The van der Waals surface area contributed by atoms with Crippen molar-refractivity contribution in [1.29, 1.82) is 0 Å². The van der Waals surface area contributed by atoms with Crippen LogP contribution in [0.4, 0.5) is 0 Å². The summed E-state index contributed by atoms with van der Waals surface area (Å²) in [6, 6.07) is 7.31. The van der Waals surface area contributed by atoms with Gasteiger partial charge in [0, 0.05) is 30.2 Å². The van der Waals surface area contributed by atoms with Crippen molar-refractivity contribution >= 4 is 16.8 Å². The third-order valence-corrected chi connectivity index (χ3v) is 4.16. The molecule has 1 amide bonds. The number of nitrogens with zero attached hydrogens (tertiary/aromatic N) is 1. The van der Waals surface area contributed by atoms with Crippen LogP contribution in [-0.4, -0.2) is 28.9 Å². The van der Waals surface area contributed by atoms with Gasteiger partial charge < -0.3 is 9.88 Å². The molecule has 1 N–H and O–H groups in total. The fraction of sp³-hybridized carbons (Fsp3) is 0.412. The first-order chi connectivity index (χ1) is 10.3. The second-order valence-corrected chi connectivity index (χ2v) is 5.64. The van der Waals surface area contributed by atoms with Gasteiger partial charge in [0.15, 0.2) is 0 Å². The van der Waals surface area contributed by atoms with E-state index in [9.17, 15) is 9.59 Å². The molecule has 1 aromatic heterocycles. The molecule has 2 aromatic rings. The number of carbonyl (C=O) groups excluding carboxylic acids is 1. The number of aromatic nitrogens is 1. The van der Waals surface area contributed by atoms with Crippen molar-refractivity contribution in [2.45, 2.75) is 32.1 Å². The first kappa shape index (κ1) is 13.9. The van der Waals surface area contributed by atoms with E-state index in [0.29, 0.717) is 5.39 Å². The lowest BCUT2D eigenvalue weighted by atomic mass is 10.1. The normalized spacial score (nSPS) is 16.5. The van der Waals surface area contributed by atoms with Crippen LogP contribution in [0.2, 0.25) is 0 Å². The number of hydrogen-bond donors (Lipinski definition) is 1. The summed E-state index contributed by atoms with van der Waals surface area (Å²) in [7, 11) is 0. The quantitative estimate of drug-likeness (QED) is 0.875. The SMILES string of the molecule is O=C(c1c[nH]c2ccccc2c1=O)N1CCCCCCC1. The molecule has 1 saturated heterocycles. The van der Waals surface area contributed by atoms with Crippen molar-refractivity contribution in [3.8, 4) is 0 Å². The number of nitrogens with one attached hydrogen (secondary N) is 1. The Bertz CT molecular complexity index is 697. The summed E-state index contributed by atoms with van der Waals surface area (Å²) in [5.74, 6) is -0.135. The Morgan fingerprint density at radius 3 is 2.43 bits per heavy atom. The predicted molar refractivity (Wildman–Crippen MR) is 83.6 cm³/mol. The van der Waals surface area contributed by atoms with Crippen LogP contribution in [0.15, 0.2) is 35.3 Å². The van der Waals surface area contributed by atoms with Gasteiger partial charge in [-0.1, -0.05) is 31.4 Å². The summed E-state index contributed by atoms with van der Waals surface area (Å²) >= 11 is 0. The second-order valence-electron chi connectivity index (χ2n) is 5.64. The van der Waals surface area contributed by atoms with Gasteiger partial charge in [-0.15, -0.1) is 0 Å². The fourth-order valence-electron chi connectivity index (χ4n) is 2.95. The molecular weight excluding hydrogens is 264 g/mol. The summed E-state index contributed by atoms with van der Waals surface area (Å²) in [5, 5.41) is 0.579. The molecule has 0 radical (unpaired) electrons. The third-order valence-electron chi connectivity index (χ3n) is 4.16. The number of fused-ring (bicyclic) bond motifs is 1. The Labute approximate surface area is 123 Å². The Morgan fingerprint density at radius 2 is 1.67 bits per heavy atom. The standard InChI is InChI=1S/C17H20N2O2/c20-16-13-8-4-5-9-15(13)18-12-14(16)17(21)19-10-6-2-1-3-7-11-19/h4-5,8-9,12H,1-3,6-7,10-11H2,(H,18,20). The average molecular weight is 284 g/mol. The van der Waals surface area contributed by atoms with Gasteiger partial charge in [-0.25, -0.2) is 0 Å². The summed E-state index contributed by atoms with van der Waals surface area (Å²) < 4.78 is 0. The van der Waals surface area contributed by atoms with Crippen LogP contribution in [0.5, 0.6) is 0 Å². The number of aromatic amines is 1. The van der Waals surface area contributed by atoms with Crippen LogP contribution in [0.25, 0.3) is 10.9 Å². The van der Waals surface area contributed by atoms with Crippen molar-refractivity contribution in [2.75, 3.05) is 13.1 Å². The number of H-pyrrole nitrogens is 1. The van der Waals surface area contributed by atoms with Gasteiger partial charge in [0.2, 0.25) is 5.43 Å². The zero-order valence-electron chi connectivity index (χ0n) is 12.1. The van der Waals surface area contributed by atoms with Gasteiger partial charge in [-0.05, 0) is 25.0 Å². The van der Waals surface area contributed by atoms with Crippen molar-refractivity contribution in [3.63, 3.8) is 0 Å². The molecule has 4 heteroatoms. The van der Waals surface area contributed by atoms with Gasteiger partial charge in [0.25, 0.3) is 5.91 Å². The van der Waals surface area contributed by atoms with Crippen molar-refractivity contribution in [2.24, 2.45) is 0 Å². The molecule has 0 aliphatic carbocycles. The Hall–Kier alpha value is -2.10. The molecule has 21 heavy (non-hydrogen) atoms. The van der Waals surface area contributed by atoms with E-state index < -0.39 is 0 Å². The van der Waals surface area contributed by atoms with E-state index in [0.717, 1.165) is 44.3 Å². The monoisotopic (exact) mass is 284 g/mol. The molecule has 110 valence electrons. The number of benzene rings is 1. The molecule has 1 aliphatic heterocycles. The molecule has 2 heterocycles. The van der Waals surface area contributed by atoms with Gasteiger partial charge >= 0.3 is 0 Å². The number of hydrogen-bond acceptors (Lipinski definition) is 2. The van der Waals surface area contributed by atoms with Crippen molar-refractivity contribution in [1.82, 2.24) is 9.88 Å². The van der Waals surface area contributed by atoms with Gasteiger partial charge in [0.1, 0.15) is 5.56 Å². The average Bonchev–Trinajstić information content (AvgIpc) is 2.47. The first-order valence-electron chi connectivity index (χ1n) is 7.67. The Balaban J connectivity index is 1.93. The number of rotatable bonds is 1. The Morgan fingerprint density at radius 1 is 1.00 bits per heavy atom. The molecule has 3 rings (SSSR count). The minimum absolute atomic E-state index is 0.135. The van der Waals surface area contributed by atoms with Gasteiger partial charge in [0.05, 0.1) is 0 Å². The maximum absolute atomic E-state index is 12.6. The summed E-state index contributed by atoms with van der Waals surface area (Å²) in [6.07, 6.45) is 7.19. The van der Waals surface area contributed by atoms with Gasteiger partial charge in [-0.2, -0.15) is 0 Å². The van der Waals surface area contributed by atoms with Crippen LogP contribution in [-0.2, 0) is 0 Å². The largest absolute Gasteiger partial charge is 0.360 e. The lowest BCUT2D eigenvalue weighted by Gasteiger charge is -2.24. The molecule has 4 nitrogen and oxygen atoms in total. The van der Waals surface area contributed by atoms with Crippen LogP contribution >= 0.6 is 0 Å². The summed E-state index contributed by atoms with van der Waals surface area (Å²) in [5.41, 5.74) is 0.859. The van der Waals surface area contributed by atoms with E-state index in [-0.39, 0.29) is 16.9 Å². The highest BCUT2D eigenvalue weighted by Gasteiger charge is 2.20. The van der Waals surface area contributed by atoms with Crippen LogP contribution in [0.3, 0.4) is 0 Å². The molecule has 0 saturated carbocycles. The maximum Gasteiger partial charge on any atom is 0.259 e. The Kier molecular flexibility index (Phi) is 4.04. The number of carbonyl (C=O) groups is 1. The smallest absolute Gasteiger partial charge is 0.259 e. The van der Waals surface area contributed by atoms with E-state index in [2.05, 4.69) is 4.98 Å². The van der Waals surface area contributed by atoms with Gasteiger partial charge in [-0.3, -0.25) is 9.59 Å². The van der Waals surface area contributed by atoms with Crippen molar-refractivity contribution < 1.29 is 4.79 Å². The van der Waals surface area contributed by atoms with E-state index in [1.807, 2.05) is 23.1 Å². The van der Waals surface area contributed by atoms with E-state index in [4.69, 9.17) is 0 Å². The first-order valence-corrected chi connectivity index (χ1v) is 7.67. The minimum Gasteiger partial charge on any atom is -0.360 e. The molecule has 1 fully saturated rings. The molecule has 0 unspecified atom stereocenters. The van der Waals surface area contributed by atoms with E-state index in [1.165, 1.54) is 6.42 Å². The molecule has 0 bridgehead atoms. The zero-order valence-corrected chi connectivity index (χ0v) is 12.1. The minimum atomic E-state index is -0.170. The van der Waals surface area contributed by atoms with Crippen molar-refractivity contribution in [3.05, 3.63) is 46.2 Å². The fourth-order valence-corrected chi connectivity index (χ4v) is 2.95. The maximum atomic E-state index is 12.6. The van der Waals surface area contributed by atoms with Crippen LogP contribution < -0.4 is 5.43 Å². The lowest BCUT2D eigenvalue weighted by Crippen LogP contribution is -2.36. The summed E-state index contributed by atoms with van der Waals surface area (Å²) in [6.45, 7) is 1.51. The number of amides is 1. The summed E-state index contributed by atoms with van der Waals surface area (Å²) in [4.78, 5) is 30.0. The molecule has 0 atom stereocenters. The zero-order chi connectivity index (χ0) is 14.7. The number of pyridine rings is 1. The highest BCUT2D eigenvalue weighted by Crippen LogP contribution is 2.13. The highest BCUT2D eigenvalue weighted by molar-refractivity contribution is 5.97. The predicted octanol–water partition coefficient (Wildman–Crippen LogP) is 2.93. The molecule has 1 aromatic carbocycles. The number of likely N-dealkylation sites (tertiary alicyclic amines) is 1. The topological polar surface area (TPSA) is 53.2 Å². The van der Waals surface area contributed by atoms with E-state index in [1.54, 1.807) is 12.3 Å². The number of para-hydroxylation sites is 1. The molecular formula is C17H20N2O2. The van der Waals surface area contributed by atoms with Crippen LogP contribution in [0, 0.1) is 0 Å². The molecule has 0 spiro atoms. The van der Waals surface area contributed by atoms with Crippen LogP contribution in [0.1, 0.15) is 42.5 Å². The van der Waals surface area contributed by atoms with E-state index >= 15 is 0 Å². The third kappa shape index (κ3) is 2.84.